The number of nitrogens with zero attached hydrogens (tertiary/aromatic N) is 2. The van der Waals surface area contributed by atoms with Gasteiger partial charge in [-0.1, -0.05) is 153 Å². The van der Waals surface area contributed by atoms with E-state index in [1.807, 2.05) is 11.3 Å². The highest BCUT2D eigenvalue weighted by Gasteiger charge is 2.62. The van der Waals surface area contributed by atoms with Gasteiger partial charge in [-0.15, -0.1) is 11.3 Å². The fraction of sp³-hybridized carbons (Fsp3) is 0.169. The first kappa shape index (κ1) is 38.9. The van der Waals surface area contributed by atoms with Gasteiger partial charge in [0.1, 0.15) is 0 Å². The lowest BCUT2D eigenvalue weighted by atomic mass is 9.39. The first-order valence-corrected chi connectivity index (χ1v) is 25.7. The van der Waals surface area contributed by atoms with E-state index in [-0.39, 0.29) is 5.41 Å². The van der Waals surface area contributed by atoms with Crippen molar-refractivity contribution >= 4 is 70.4 Å². The van der Waals surface area contributed by atoms with Gasteiger partial charge in [0.2, 0.25) is 0 Å². The van der Waals surface area contributed by atoms with Crippen LogP contribution in [0.1, 0.15) is 43.7 Å². The highest BCUT2D eigenvalue weighted by atomic mass is 32.1. The molecule has 4 bridgehead atoms. The second kappa shape index (κ2) is 14.6. The highest BCUT2D eigenvalue weighted by molar-refractivity contribution is 7.25. The van der Waals surface area contributed by atoms with Crippen molar-refractivity contribution in [3.8, 4) is 39.1 Å². The number of para-hydroxylation sites is 2. The van der Waals surface area contributed by atoms with E-state index in [0.717, 1.165) is 29.1 Å². The zero-order valence-electron chi connectivity index (χ0n) is 38.1. The lowest BCUT2D eigenvalue weighted by Gasteiger charge is -2.65. The predicted molar refractivity (Wildman–Crippen MR) is 287 cm³/mol. The summed E-state index contributed by atoms with van der Waals surface area (Å²) in [4.78, 5) is 2.56. The van der Waals surface area contributed by atoms with Gasteiger partial charge in [-0.25, -0.2) is 0 Å². The first-order valence-electron chi connectivity index (χ1n) is 24.8. The molecular weight excluding hydrogens is 841 g/mol. The number of anilines is 3. The van der Waals surface area contributed by atoms with Gasteiger partial charge >= 0.3 is 0 Å². The summed E-state index contributed by atoms with van der Waals surface area (Å²) in [5.41, 5.74) is 18.2. The average molecular weight is 891 g/mol. The van der Waals surface area contributed by atoms with E-state index in [0.29, 0.717) is 11.8 Å². The number of rotatable bonds is 6. The van der Waals surface area contributed by atoms with Gasteiger partial charge in [-0.2, -0.15) is 0 Å². The van der Waals surface area contributed by atoms with E-state index in [2.05, 4.69) is 223 Å². The van der Waals surface area contributed by atoms with E-state index in [4.69, 9.17) is 0 Å². The molecule has 68 heavy (non-hydrogen) atoms. The molecule has 0 amide bonds. The zero-order valence-corrected chi connectivity index (χ0v) is 39.0. The normalized spacial score (nSPS) is 22.2. The Balaban J connectivity index is 0.954. The highest BCUT2D eigenvalue weighted by Crippen LogP contribution is 2.69. The first-order chi connectivity index (χ1) is 33.6. The Labute approximate surface area is 401 Å². The van der Waals surface area contributed by atoms with Gasteiger partial charge in [0.05, 0.1) is 16.7 Å². The molecule has 16 rings (SSSR count). The molecular formula is C65H50N2S. The summed E-state index contributed by atoms with van der Waals surface area (Å²) in [6.07, 6.45) is 5.32. The molecule has 2 aromatic heterocycles. The van der Waals surface area contributed by atoms with Crippen LogP contribution in [0.2, 0.25) is 0 Å². The maximum atomic E-state index is 2.67. The molecule has 5 aliphatic rings. The molecule has 0 radical (unpaired) electrons. The maximum absolute atomic E-state index is 2.67. The Hall–Kier alpha value is -7.20. The molecule has 4 aliphatic carbocycles. The van der Waals surface area contributed by atoms with Crippen LogP contribution in [-0.2, 0) is 5.41 Å². The van der Waals surface area contributed by atoms with Crippen molar-refractivity contribution in [1.82, 2.24) is 4.57 Å². The summed E-state index contributed by atoms with van der Waals surface area (Å²) in [7, 11) is 0. The Morgan fingerprint density at radius 3 is 1.93 bits per heavy atom. The molecule has 0 atom stereocenters. The molecule has 0 N–H and O–H groups in total. The van der Waals surface area contributed by atoms with Gasteiger partial charge in [0.15, 0.2) is 0 Å². The van der Waals surface area contributed by atoms with E-state index in [9.17, 15) is 0 Å². The van der Waals surface area contributed by atoms with Crippen LogP contribution in [0.5, 0.6) is 0 Å². The molecule has 0 saturated heterocycles. The standard InChI is InChI=1S/C65H50N2S/c1-40-44-33-46-35-45(40)36-47(34-44)65(46)57-24-9-11-26-60(57)67-59-25-10-7-21-53(59)56-38-50(39-58(65)64(56)67)66(49-18-13-17-43(37-49)41-15-3-2-4-16-41)48-31-29-42(30-32-48)51-19-5-6-20-52(51)54-23-14-28-62-63(54)55-22-8-12-27-61(55)68-62/h2-32,37-40,44-47H,33-36H2,1H3/t40-,44-,45+,46+,47+,65?. The fourth-order valence-corrected chi connectivity index (χ4v) is 15.8. The van der Waals surface area contributed by atoms with Crippen LogP contribution in [0.3, 0.4) is 0 Å². The van der Waals surface area contributed by atoms with Crippen molar-refractivity contribution in [2.24, 2.45) is 29.6 Å². The summed E-state index contributed by atoms with van der Waals surface area (Å²) in [6.45, 7) is 2.57. The monoisotopic (exact) mass is 890 g/mol. The van der Waals surface area contributed by atoms with Gasteiger partial charge < -0.3 is 9.47 Å². The van der Waals surface area contributed by atoms with Crippen molar-refractivity contribution in [2.45, 2.75) is 38.0 Å². The van der Waals surface area contributed by atoms with Gasteiger partial charge in [-0.3, -0.25) is 0 Å². The zero-order chi connectivity index (χ0) is 44.7. The number of benzene rings is 9. The fourth-order valence-electron chi connectivity index (χ4n) is 14.6. The average Bonchev–Trinajstić information content (AvgIpc) is 3.94. The summed E-state index contributed by atoms with van der Waals surface area (Å²) in [6, 6.07) is 78.2. The Morgan fingerprint density at radius 1 is 0.456 bits per heavy atom. The molecule has 1 aliphatic heterocycles. The molecule has 3 heteroatoms. The Morgan fingerprint density at radius 2 is 1.10 bits per heavy atom. The summed E-state index contributed by atoms with van der Waals surface area (Å²) < 4.78 is 5.30. The third kappa shape index (κ3) is 5.40. The molecule has 11 aromatic rings. The lowest BCUT2D eigenvalue weighted by Crippen LogP contribution is -2.59. The van der Waals surface area contributed by atoms with Gasteiger partial charge in [-0.05, 0) is 160 Å². The molecule has 4 fully saturated rings. The number of fused-ring (bicyclic) bond motifs is 8. The molecule has 2 nitrogen and oxygen atoms in total. The summed E-state index contributed by atoms with van der Waals surface area (Å²) >= 11 is 1.88. The quantitative estimate of drug-likeness (QED) is 0.161. The molecule has 3 heterocycles. The van der Waals surface area contributed by atoms with Crippen molar-refractivity contribution in [3.63, 3.8) is 0 Å². The second-order valence-electron chi connectivity index (χ2n) is 20.5. The minimum Gasteiger partial charge on any atom is -0.310 e. The van der Waals surface area contributed by atoms with Crippen LogP contribution < -0.4 is 4.90 Å². The molecule has 9 aromatic carbocycles. The van der Waals surface area contributed by atoms with Gasteiger partial charge in [0, 0.05) is 53.4 Å². The smallest absolute Gasteiger partial charge is 0.0584 e. The molecule has 326 valence electrons. The van der Waals surface area contributed by atoms with E-state index >= 15 is 0 Å². The van der Waals surface area contributed by atoms with Gasteiger partial charge in [0.25, 0.3) is 0 Å². The van der Waals surface area contributed by atoms with Crippen LogP contribution in [0.4, 0.5) is 17.1 Å². The van der Waals surface area contributed by atoms with Crippen LogP contribution in [-0.4, -0.2) is 4.57 Å². The predicted octanol–water partition coefficient (Wildman–Crippen LogP) is 17.9. The number of thiophene rings is 1. The SMILES string of the molecule is C[C@H]1[C@H]2C[C@@H]3C[C@@H]1C[C@@H](C2)C31c2ccccc2-n2c3ccccc3c3cc(N(c4ccc(-c5ccccc5-c5cccc6sc7ccccc7c56)cc4)c4cccc(-c5ccccc5)c4)cc1c32. The Bertz CT molecular complexity index is 3790. The largest absolute Gasteiger partial charge is 0.310 e. The molecule has 0 unspecified atom stereocenters. The van der Waals surface area contributed by atoms with Crippen LogP contribution in [0.15, 0.2) is 206 Å². The summed E-state index contributed by atoms with van der Waals surface area (Å²) in [5.74, 6) is 3.75. The minimum absolute atomic E-state index is 0.0376. The second-order valence-corrected chi connectivity index (χ2v) is 21.5. The van der Waals surface area contributed by atoms with Crippen molar-refractivity contribution in [2.75, 3.05) is 4.90 Å². The lowest BCUT2D eigenvalue weighted by molar-refractivity contribution is -0.0784. The minimum atomic E-state index is -0.0376. The van der Waals surface area contributed by atoms with Crippen LogP contribution >= 0.6 is 11.3 Å². The molecule has 4 saturated carbocycles. The topological polar surface area (TPSA) is 8.17 Å². The Kier molecular flexibility index (Phi) is 8.37. The van der Waals surface area contributed by atoms with Crippen molar-refractivity contribution in [3.05, 3.63) is 217 Å². The third-order valence-corrected chi connectivity index (χ3v) is 18.6. The molecule has 1 spiro atoms. The van der Waals surface area contributed by atoms with E-state index in [1.165, 1.54) is 112 Å². The maximum Gasteiger partial charge on any atom is 0.0584 e. The number of aromatic nitrogens is 1. The van der Waals surface area contributed by atoms with Crippen molar-refractivity contribution in [1.29, 1.82) is 0 Å². The summed E-state index contributed by atoms with van der Waals surface area (Å²) in [5, 5.41) is 5.35. The van der Waals surface area contributed by atoms with E-state index in [1.54, 1.807) is 11.1 Å². The number of hydrogen-bond acceptors (Lipinski definition) is 2. The third-order valence-electron chi connectivity index (χ3n) is 17.4. The van der Waals surface area contributed by atoms with Crippen LogP contribution in [0.25, 0.3) is 81.0 Å². The number of hydrogen-bond donors (Lipinski definition) is 0. The van der Waals surface area contributed by atoms with Crippen LogP contribution in [0, 0.1) is 29.6 Å². The van der Waals surface area contributed by atoms with Crippen molar-refractivity contribution < 1.29 is 0 Å². The van der Waals surface area contributed by atoms with E-state index < -0.39 is 0 Å².